The standard InChI is InChI=1S/C24H17N5O4/c25-23(30)22-21(16-8-12-19(13-9-16)33-18-4-2-1-3-5-18)27-24-20(14-26-28(22)24)15-6-10-17(11-7-15)29(31)32/h1-14,27H,(H2,25,30). The molecule has 0 saturated heterocycles. The number of carbonyl (C=O) groups is 1. The van der Waals surface area contributed by atoms with E-state index in [2.05, 4.69) is 10.1 Å². The van der Waals surface area contributed by atoms with Crippen LogP contribution in [0.5, 0.6) is 11.5 Å². The Labute approximate surface area is 187 Å². The molecule has 0 aliphatic carbocycles. The molecule has 3 aromatic carbocycles. The Morgan fingerprint density at radius 2 is 1.58 bits per heavy atom. The van der Waals surface area contributed by atoms with E-state index in [1.807, 2.05) is 42.5 Å². The van der Waals surface area contributed by atoms with Crippen LogP contribution < -0.4 is 10.5 Å². The Hall–Kier alpha value is -4.92. The van der Waals surface area contributed by atoms with Crippen LogP contribution in [0.2, 0.25) is 0 Å². The first-order valence-corrected chi connectivity index (χ1v) is 9.99. The van der Waals surface area contributed by atoms with Gasteiger partial charge in [-0.25, -0.2) is 4.52 Å². The number of primary amides is 1. The molecule has 5 rings (SSSR count). The van der Waals surface area contributed by atoms with Crippen molar-refractivity contribution in [2.45, 2.75) is 0 Å². The lowest BCUT2D eigenvalue weighted by molar-refractivity contribution is -0.384. The Morgan fingerprint density at radius 3 is 2.21 bits per heavy atom. The summed E-state index contributed by atoms with van der Waals surface area (Å²) >= 11 is 0. The van der Waals surface area contributed by atoms with E-state index in [1.54, 1.807) is 30.5 Å². The molecule has 162 valence electrons. The number of nitrogens with zero attached hydrogens (tertiary/aromatic N) is 3. The number of nitrogens with two attached hydrogens (primary N) is 1. The van der Waals surface area contributed by atoms with Crippen molar-refractivity contribution in [2.75, 3.05) is 0 Å². The van der Waals surface area contributed by atoms with Gasteiger partial charge < -0.3 is 15.5 Å². The quantitative estimate of drug-likeness (QED) is 0.290. The predicted octanol–water partition coefficient (Wildman–Crippen LogP) is 4.80. The molecule has 0 spiro atoms. The summed E-state index contributed by atoms with van der Waals surface area (Å²) in [5, 5.41) is 15.3. The third kappa shape index (κ3) is 3.68. The summed E-state index contributed by atoms with van der Waals surface area (Å²) in [5.41, 5.74) is 9.06. The number of benzene rings is 3. The van der Waals surface area contributed by atoms with Crippen molar-refractivity contribution >= 4 is 17.2 Å². The third-order valence-corrected chi connectivity index (χ3v) is 5.21. The fourth-order valence-electron chi connectivity index (χ4n) is 3.65. The molecule has 0 aliphatic rings. The van der Waals surface area contributed by atoms with Gasteiger partial charge in [0.2, 0.25) is 0 Å². The van der Waals surface area contributed by atoms with Gasteiger partial charge in [-0.05, 0) is 54.1 Å². The molecule has 0 saturated carbocycles. The van der Waals surface area contributed by atoms with Crippen molar-refractivity contribution in [2.24, 2.45) is 5.73 Å². The van der Waals surface area contributed by atoms with Crippen molar-refractivity contribution in [3.8, 4) is 33.9 Å². The normalized spacial score (nSPS) is 10.9. The topological polar surface area (TPSA) is 129 Å². The Kier molecular flexibility index (Phi) is 4.83. The summed E-state index contributed by atoms with van der Waals surface area (Å²) in [6.45, 7) is 0. The van der Waals surface area contributed by atoms with Crippen molar-refractivity contribution in [1.29, 1.82) is 0 Å². The molecule has 0 atom stereocenters. The van der Waals surface area contributed by atoms with Gasteiger partial charge in [0.05, 0.1) is 16.8 Å². The number of nitrogens with one attached hydrogen (secondary N) is 1. The largest absolute Gasteiger partial charge is 0.457 e. The molecule has 5 aromatic rings. The smallest absolute Gasteiger partial charge is 0.269 e. The fourth-order valence-corrected chi connectivity index (χ4v) is 3.65. The average molecular weight is 439 g/mol. The summed E-state index contributed by atoms with van der Waals surface area (Å²) in [4.78, 5) is 26.0. The predicted molar refractivity (Wildman–Crippen MR) is 122 cm³/mol. The molecule has 9 heteroatoms. The number of H-pyrrole nitrogens is 1. The van der Waals surface area contributed by atoms with Gasteiger partial charge in [0.25, 0.3) is 11.6 Å². The molecule has 2 heterocycles. The minimum atomic E-state index is -0.640. The maximum atomic E-state index is 12.3. The molecule has 1 amide bonds. The van der Waals surface area contributed by atoms with Gasteiger partial charge in [-0.1, -0.05) is 18.2 Å². The monoisotopic (exact) mass is 439 g/mol. The van der Waals surface area contributed by atoms with Crippen LogP contribution in [-0.4, -0.2) is 25.4 Å². The van der Waals surface area contributed by atoms with Gasteiger partial charge in [0.1, 0.15) is 17.1 Å². The number of non-ortho nitro benzene ring substituents is 1. The highest BCUT2D eigenvalue weighted by Gasteiger charge is 2.22. The van der Waals surface area contributed by atoms with E-state index < -0.39 is 10.8 Å². The minimum Gasteiger partial charge on any atom is -0.457 e. The van der Waals surface area contributed by atoms with Gasteiger partial charge in [-0.2, -0.15) is 5.10 Å². The van der Waals surface area contributed by atoms with Crippen LogP contribution in [0.4, 0.5) is 5.69 Å². The second-order valence-electron chi connectivity index (χ2n) is 7.27. The zero-order valence-electron chi connectivity index (χ0n) is 17.1. The second-order valence-corrected chi connectivity index (χ2v) is 7.27. The van der Waals surface area contributed by atoms with Gasteiger partial charge in [-0.3, -0.25) is 14.9 Å². The van der Waals surface area contributed by atoms with Gasteiger partial charge in [-0.15, -0.1) is 0 Å². The lowest BCUT2D eigenvalue weighted by atomic mass is 10.1. The molecule has 0 radical (unpaired) electrons. The molecule has 2 aromatic heterocycles. The zero-order valence-corrected chi connectivity index (χ0v) is 17.1. The number of aromatic nitrogens is 3. The van der Waals surface area contributed by atoms with Crippen LogP contribution in [0.1, 0.15) is 10.5 Å². The number of para-hydroxylation sites is 1. The first-order valence-electron chi connectivity index (χ1n) is 9.99. The third-order valence-electron chi connectivity index (χ3n) is 5.21. The lowest BCUT2D eigenvalue weighted by Gasteiger charge is -2.07. The van der Waals surface area contributed by atoms with E-state index >= 15 is 0 Å². The molecule has 0 aliphatic heterocycles. The Balaban J connectivity index is 1.53. The molecule has 0 bridgehead atoms. The number of nitro groups is 1. The van der Waals surface area contributed by atoms with Crippen molar-refractivity contribution in [3.63, 3.8) is 0 Å². The number of hydrogen-bond acceptors (Lipinski definition) is 5. The Bertz CT molecular complexity index is 1470. The first kappa shape index (κ1) is 20.0. The molecule has 3 N–H and O–H groups in total. The molecular weight excluding hydrogens is 422 g/mol. The number of carbonyl (C=O) groups excluding carboxylic acids is 1. The van der Waals surface area contributed by atoms with E-state index in [0.717, 1.165) is 5.56 Å². The Morgan fingerprint density at radius 1 is 0.939 bits per heavy atom. The SMILES string of the molecule is NC(=O)c1c(-c2ccc(Oc3ccccc3)cc2)[nH]c2c(-c3ccc([N+](=O)[O-])cc3)cnn12. The molecule has 0 fully saturated rings. The lowest BCUT2D eigenvalue weighted by Crippen LogP contribution is -2.15. The maximum absolute atomic E-state index is 12.3. The van der Waals surface area contributed by atoms with Crippen LogP contribution in [0.15, 0.2) is 85.1 Å². The molecule has 0 unspecified atom stereocenters. The van der Waals surface area contributed by atoms with Gasteiger partial charge >= 0.3 is 0 Å². The zero-order chi connectivity index (χ0) is 22.9. The van der Waals surface area contributed by atoms with Crippen LogP contribution in [0.25, 0.3) is 28.0 Å². The number of fused-ring (bicyclic) bond motifs is 1. The van der Waals surface area contributed by atoms with Gasteiger partial charge in [0.15, 0.2) is 5.69 Å². The second kappa shape index (κ2) is 7.97. The van der Waals surface area contributed by atoms with E-state index in [9.17, 15) is 14.9 Å². The van der Waals surface area contributed by atoms with Crippen molar-refractivity contribution in [3.05, 3.63) is 101 Å². The van der Waals surface area contributed by atoms with Crippen molar-refractivity contribution in [1.82, 2.24) is 14.6 Å². The number of imidazole rings is 1. The number of amides is 1. The van der Waals surface area contributed by atoms with Crippen LogP contribution in [0, 0.1) is 10.1 Å². The summed E-state index contributed by atoms with van der Waals surface area (Å²) in [5.74, 6) is 0.724. The number of nitro benzene ring substituents is 1. The molecular formula is C24H17N5O4. The highest BCUT2D eigenvalue weighted by Crippen LogP contribution is 2.32. The van der Waals surface area contributed by atoms with Gasteiger partial charge in [0, 0.05) is 23.3 Å². The summed E-state index contributed by atoms with van der Waals surface area (Å²) in [7, 11) is 0. The maximum Gasteiger partial charge on any atom is 0.269 e. The van der Waals surface area contributed by atoms with E-state index in [4.69, 9.17) is 10.5 Å². The summed E-state index contributed by atoms with van der Waals surface area (Å²) < 4.78 is 7.27. The molecule has 33 heavy (non-hydrogen) atoms. The van der Waals surface area contributed by atoms with E-state index in [0.29, 0.717) is 34.0 Å². The van der Waals surface area contributed by atoms with E-state index in [1.165, 1.54) is 16.6 Å². The summed E-state index contributed by atoms with van der Waals surface area (Å²) in [6.07, 6.45) is 1.58. The van der Waals surface area contributed by atoms with Crippen molar-refractivity contribution < 1.29 is 14.5 Å². The minimum absolute atomic E-state index is 0.00928. The summed E-state index contributed by atoms with van der Waals surface area (Å²) in [6, 6.07) is 22.8. The first-order chi connectivity index (χ1) is 16.0. The van der Waals surface area contributed by atoms with E-state index in [-0.39, 0.29) is 11.4 Å². The van der Waals surface area contributed by atoms with Crippen LogP contribution in [-0.2, 0) is 0 Å². The number of ether oxygens (including phenoxy) is 1. The number of aromatic amines is 1. The van der Waals surface area contributed by atoms with Crippen LogP contribution >= 0.6 is 0 Å². The highest BCUT2D eigenvalue weighted by atomic mass is 16.6. The number of rotatable bonds is 6. The number of hydrogen-bond donors (Lipinski definition) is 2. The highest BCUT2D eigenvalue weighted by molar-refractivity contribution is 5.99. The average Bonchev–Trinajstić information content (AvgIpc) is 3.40. The fraction of sp³-hybridized carbons (Fsp3) is 0. The van der Waals surface area contributed by atoms with Crippen LogP contribution in [0.3, 0.4) is 0 Å². The molecule has 9 nitrogen and oxygen atoms in total.